The second-order valence-electron chi connectivity index (χ2n) is 5.92. The van der Waals surface area contributed by atoms with E-state index < -0.39 is 0 Å². The van der Waals surface area contributed by atoms with E-state index in [0.717, 1.165) is 31.4 Å². The van der Waals surface area contributed by atoms with Crippen LogP contribution in [-0.4, -0.2) is 19.5 Å². The Kier molecular flexibility index (Phi) is 5.64. The maximum absolute atomic E-state index is 5.78. The van der Waals surface area contributed by atoms with Gasteiger partial charge in [0.05, 0.1) is 6.61 Å². The zero-order valence-electron chi connectivity index (χ0n) is 12.5. The van der Waals surface area contributed by atoms with Gasteiger partial charge >= 0.3 is 0 Å². The van der Waals surface area contributed by atoms with Crippen molar-refractivity contribution in [3.63, 3.8) is 0 Å². The van der Waals surface area contributed by atoms with Crippen LogP contribution in [0, 0.1) is 17.3 Å². The highest BCUT2D eigenvalue weighted by molar-refractivity contribution is 5.34. The average Bonchev–Trinajstić information content (AvgIpc) is 2.47. The van der Waals surface area contributed by atoms with Crippen molar-refractivity contribution in [1.29, 1.82) is 0 Å². The lowest BCUT2D eigenvalue weighted by atomic mass is 9.90. The van der Waals surface area contributed by atoms with Crippen LogP contribution in [0.25, 0.3) is 0 Å². The monoisotopic (exact) mass is 272 g/mol. The first-order chi connectivity index (χ1) is 9.66. The fourth-order valence-electron chi connectivity index (χ4n) is 2.11. The van der Waals surface area contributed by atoms with Crippen LogP contribution in [0.3, 0.4) is 0 Å². The smallest absolute Gasteiger partial charge is 0.157 e. The zero-order valence-corrected chi connectivity index (χ0v) is 12.5. The summed E-state index contributed by atoms with van der Waals surface area (Å²) in [5, 5.41) is 0. The molecule has 0 bridgehead atoms. The van der Waals surface area contributed by atoms with Crippen LogP contribution in [0.4, 0.5) is 0 Å². The van der Waals surface area contributed by atoms with Crippen LogP contribution in [0.5, 0.6) is 0 Å². The van der Waals surface area contributed by atoms with Crippen LogP contribution in [0.15, 0.2) is 30.3 Å². The lowest BCUT2D eigenvalue weighted by molar-refractivity contribution is -0.164. The Hall–Kier alpha value is -1.30. The van der Waals surface area contributed by atoms with Crippen molar-refractivity contribution in [3.8, 4) is 11.8 Å². The topological polar surface area (TPSA) is 18.5 Å². The highest BCUT2D eigenvalue weighted by Gasteiger charge is 2.18. The van der Waals surface area contributed by atoms with Crippen molar-refractivity contribution in [2.24, 2.45) is 5.41 Å². The number of hydrogen-bond acceptors (Lipinski definition) is 2. The summed E-state index contributed by atoms with van der Waals surface area (Å²) in [6.45, 7) is 5.87. The first-order valence-corrected chi connectivity index (χ1v) is 7.47. The van der Waals surface area contributed by atoms with Crippen LogP contribution in [0.2, 0.25) is 0 Å². The SMILES string of the molecule is CC(C)(C#Cc1ccccc1)CCOC1CCCCO1. The van der Waals surface area contributed by atoms with E-state index in [2.05, 4.69) is 25.7 Å². The van der Waals surface area contributed by atoms with Gasteiger partial charge in [0.25, 0.3) is 0 Å². The summed E-state index contributed by atoms with van der Waals surface area (Å²) in [5.41, 5.74) is 1.03. The molecule has 0 aliphatic carbocycles. The molecule has 1 aliphatic heterocycles. The van der Waals surface area contributed by atoms with E-state index in [1.165, 1.54) is 6.42 Å². The molecule has 20 heavy (non-hydrogen) atoms. The van der Waals surface area contributed by atoms with Gasteiger partial charge in [-0.15, -0.1) is 0 Å². The molecule has 2 heteroatoms. The summed E-state index contributed by atoms with van der Waals surface area (Å²) in [7, 11) is 0. The standard InChI is InChI=1S/C18H24O2/c1-18(2,12-11-16-8-4-3-5-9-16)13-15-20-17-10-6-7-14-19-17/h3-5,8-9,17H,6-7,10,13-15H2,1-2H3. The van der Waals surface area contributed by atoms with E-state index in [9.17, 15) is 0 Å². The molecule has 108 valence electrons. The predicted octanol–water partition coefficient (Wildman–Crippen LogP) is 4.00. The normalized spacial score (nSPS) is 19.2. The average molecular weight is 272 g/mol. The molecule has 1 heterocycles. The van der Waals surface area contributed by atoms with Gasteiger partial charge in [0.2, 0.25) is 0 Å². The lowest BCUT2D eigenvalue weighted by Gasteiger charge is -2.24. The van der Waals surface area contributed by atoms with Crippen molar-refractivity contribution in [2.75, 3.05) is 13.2 Å². The fraction of sp³-hybridized carbons (Fsp3) is 0.556. The molecule has 0 N–H and O–H groups in total. The minimum Gasteiger partial charge on any atom is -0.353 e. The summed E-state index contributed by atoms with van der Waals surface area (Å²) in [4.78, 5) is 0. The summed E-state index contributed by atoms with van der Waals surface area (Å²) in [6.07, 6.45) is 4.32. The molecule has 2 rings (SSSR count). The van der Waals surface area contributed by atoms with Crippen LogP contribution >= 0.6 is 0 Å². The van der Waals surface area contributed by atoms with Gasteiger partial charge in [0.15, 0.2) is 6.29 Å². The highest BCUT2D eigenvalue weighted by atomic mass is 16.7. The van der Waals surface area contributed by atoms with Gasteiger partial charge in [-0.05, 0) is 51.7 Å². The Morgan fingerprint density at radius 2 is 2.05 bits per heavy atom. The predicted molar refractivity (Wildman–Crippen MR) is 81.3 cm³/mol. The number of rotatable bonds is 4. The zero-order chi connectivity index (χ0) is 14.3. The molecule has 1 aromatic carbocycles. The molecule has 1 atom stereocenters. The van der Waals surface area contributed by atoms with Crippen molar-refractivity contribution >= 4 is 0 Å². The van der Waals surface area contributed by atoms with Crippen molar-refractivity contribution < 1.29 is 9.47 Å². The van der Waals surface area contributed by atoms with Crippen molar-refractivity contribution in [1.82, 2.24) is 0 Å². The second kappa shape index (κ2) is 7.47. The lowest BCUT2D eigenvalue weighted by Crippen LogP contribution is -2.24. The Morgan fingerprint density at radius 1 is 1.25 bits per heavy atom. The summed E-state index contributed by atoms with van der Waals surface area (Å²) >= 11 is 0. The molecule has 1 aliphatic rings. The third kappa shape index (κ3) is 5.36. The van der Waals surface area contributed by atoms with Gasteiger partial charge in [-0.3, -0.25) is 0 Å². The number of benzene rings is 1. The molecule has 2 nitrogen and oxygen atoms in total. The highest BCUT2D eigenvalue weighted by Crippen LogP contribution is 2.21. The molecule has 0 saturated carbocycles. The first kappa shape index (κ1) is 15.1. The minimum atomic E-state index is -0.0372. The van der Waals surface area contributed by atoms with E-state index in [1.807, 2.05) is 30.3 Å². The van der Waals surface area contributed by atoms with Crippen LogP contribution < -0.4 is 0 Å². The summed E-state index contributed by atoms with van der Waals surface area (Å²) in [5.74, 6) is 6.58. The second-order valence-corrected chi connectivity index (χ2v) is 5.92. The Balaban J connectivity index is 1.77. The third-order valence-electron chi connectivity index (χ3n) is 3.49. The van der Waals surface area contributed by atoms with E-state index in [4.69, 9.17) is 9.47 Å². The maximum Gasteiger partial charge on any atom is 0.157 e. The maximum atomic E-state index is 5.78. The van der Waals surface area contributed by atoms with E-state index >= 15 is 0 Å². The van der Waals surface area contributed by atoms with Crippen molar-refractivity contribution in [3.05, 3.63) is 35.9 Å². The molecule has 1 unspecified atom stereocenters. The fourth-order valence-corrected chi connectivity index (χ4v) is 2.11. The largest absolute Gasteiger partial charge is 0.353 e. The molecule has 1 aromatic rings. The quantitative estimate of drug-likeness (QED) is 0.771. The number of hydrogen-bond donors (Lipinski definition) is 0. The molecule has 1 fully saturated rings. The van der Waals surface area contributed by atoms with Crippen LogP contribution in [-0.2, 0) is 9.47 Å². The van der Waals surface area contributed by atoms with E-state index in [0.29, 0.717) is 6.61 Å². The molecule has 0 spiro atoms. The Bertz CT molecular complexity index is 447. The van der Waals surface area contributed by atoms with Gasteiger partial charge in [0.1, 0.15) is 0 Å². The Morgan fingerprint density at radius 3 is 2.75 bits per heavy atom. The van der Waals surface area contributed by atoms with Gasteiger partial charge in [-0.1, -0.05) is 30.0 Å². The molecular weight excluding hydrogens is 248 g/mol. The van der Waals surface area contributed by atoms with Gasteiger partial charge in [-0.25, -0.2) is 0 Å². The molecular formula is C18H24O2. The van der Waals surface area contributed by atoms with Crippen molar-refractivity contribution in [2.45, 2.75) is 45.8 Å². The summed E-state index contributed by atoms with van der Waals surface area (Å²) in [6, 6.07) is 10.1. The third-order valence-corrected chi connectivity index (χ3v) is 3.49. The Labute approximate surface area is 122 Å². The van der Waals surface area contributed by atoms with Gasteiger partial charge in [0, 0.05) is 17.6 Å². The van der Waals surface area contributed by atoms with Crippen LogP contribution in [0.1, 0.15) is 45.1 Å². The minimum absolute atomic E-state index is 0.00151. The molecule has 0 radical (unpaired) electrons. The van der Waals surface area contributed by atoms with Gasteiger partial charge < -0.3 is 9.47 Å². The molecule has 0 aromatic heterocycles. The first-order valence-electron chi connectivity index (χ1n) is 7.47. The molecule has 1 saturated heterocycles. The van der Waals surface area contributed by atoms with Gasteiger partial charge in [-0.2, -0.15) is 0 Å². The number of ether oxygens (including phenoxy) is 2. The van der Waals surface area contributed by atoms with E-state index in [1.54, 1.807) is 0 Å². The summed E-state index contributed by atoms with van der Waals surface area (Å²) < 4.78 is 11.3. The molecule has 0 amide bonds. The van der Waals surface area contributed by atoms with E-state index in [-0.39, 0.29) is 11.7 Å².